The summed E-state index contributed by atoms with van der Waals surface area (Å²) in [5.74, 6) is -2.78. The fourth-order valence-electron chi connectivity index (χ4n) is 1.83. The lowest BCUT2D eigenvalue weighted by atomic mass is 9.97. The Morgan fingerprint density at radius 1 is 1.38 bits per heavy atom. The van der Waals surface area contributed by atoms with Crippen molar-refractivity contribution in [1.82, 2.24) is 4.31 Å². The Kier molecular flexibility index (Phi) is 5.18. The molecule has 0 unspecified atom stereocenters. The molecule has 8 heteroatoms. The molecule has 0 fully saturated rings. The lowest BCUT2D eigenvalue weighted by Crippen LogP contribution is -2.35. The van der Waals surface area contributed by atoms with Gasteiger partial charge in [-0.2, -0.15) is 0 Å². The van der Waals surface area contributed by atoms with E-state index >= 15 is 0 Å². The first-order chi connectivity index (χ1) is 9.36. The van der Waals surface area contributed by atoms with Crippen LogP contribution >= 0.6 is 15.9 Å². The van der Waals surface area contributed by atoms with Crippen molar-refractivity contribution in [2.24, 2.45) is 5.41 Å². The Labute approximate surface area is 131 Å². The van der Waals surface area contributed by atoms with Crippen molar-refractivity contribution in [2.75, 3.05) is 13.6 Å². The zero-order valence-corrected chi connectivity index (χ0v) is 14.5. The highest BCUT2D eigenvalue weighted by molar-refractivity contribution is 9.10. The van der Waals surface area contributed by atoms with Gasteiger partial charge in [0.2, 0.25) is 10.0 Å². The van der Waals surface area contributed by atoms with Crippen molar-refractivity contribution in [2.45, 2.75) is 25.7 Å². The smallest absolute Gasteiger partial charge is 0.338 e. The van der Waals surface area contributed by atoms with E-state index in [1.54, 1.807) is 0 Å². The first kappa shape index (κ1) is 18.1. The molecule has 0 aliphatic carbocycles. The maximum atomic E-state index is 14.2. The van der Waals surface area contributed by atoms with Gasteiger partial charge in [-0.05, 0) is 17.5 Å². The molecule has 1 aromatic rings. The minimum Gasteiger partial charge on any atom is -0.478 e. The normalized spacial score (nSPS) is 12.7. The summed E-state index contributed by atoms with van der Waals surface area (Å²) in [6, 6.07) is 2.09. The maximum absolute atomic E-state index is 14.2. The largest absolute Gasteiger partial charge is 0.478 e. The summed E-state index contributed by atoms with van der Waals surface area (Å²) in [5.41, 5.74) is -1.01. The second kappa shape index (κ2) is 6.02. The quantitative estimate of drug-likeness (QED) is 0.869. The number of carboxylic acids is 1. The van der Waals surface area contributed by atoms with Crippen molar-refractivity contribution in [1.29, 1.82) is 0 Å². The van der Waals surface area contributed by atoms with E-state index in [2.05, 4.69) is 15.9 Å². The first-order valence-electron chi connectivity index (χ1n) is 6.05. The van der Waals surface area contributed by atoms with Gasteiger partial charge in [-0.1, -0.05) is 36.7 Å². The molecule has 0 atom stereocenters. The lowest BCUT2D eigenvalue weighted by molar-refractivity contribution is 0.0691. The molecule has 0 aliphatic rings. The number of hydrogen-bond donors (Lipinski definition) is 1. The molecule has 0 aromatic heterocycles. The van der Waals surface area contributed by atoms with Crippen LogP contribution in [0.25, 0.3) is 0 Å². The predicted molar refractivity (Wildman–Crippen MR) is 80.3 cm³/mol. The summed E-state index contributed by atoms with van der Waals surface area (Å²) < 4.78 is 40.2. The van der Waals surface area contributed by atoms with E-state index in [-0.39, 0.29) is 16.4 Å². The lowest BCUT2D eigenvalue weighted by Gasteiger charge is -2.26. The van der Waals surface area contributed by atoms with Crippen molar-refractivity contribution < 1.29 is 22.7 Å². The minimum atomic E-state index is -4.12. The van der Waals surface area contributed by atoms with Gasteiger partial charge in [0.15, 0.2) is 5.82 Å². The third kappa shape index (κ3) is 4.24. The van der Waals surface area contributed by atoms with Gasteiger partial charge in [-0.15, -0.1) is 0 Å². The molecule has 1 rings (SSSR count). The Balaban J connectivity index is 3.42. The third-order valence-electron chi connectivity index (χ3n) is 2.62. The zero-order chi connectivity index (χ0) is 16.6. The van der Waals surface area contributed by atoms with Gasteiger partial charge in [0.05, 0.1) is 5.56 Å². The molecule has 0 saturated carbocycles. The van der Waals surface area contributed by atoms with Crippen molar-refractivity contribution in [3.63, 3.8) is 0 Å². The van der Waals surface area contributed by atoms with E-state index in [0.29, 0.717) is 0 Å². The topological polar surface area (TPSA) is 74.7 Å². The number of halogens is 2. The summed E-state index contributed by atoms with van der Waals surface area (Å²) in [6.45, 7) is 5.71. The average molecular weight is 382 g/mol. The van der Waals surface area contributed by atoms with E-state index in [9.17, 15) is 17.6 Å². The molecule has 1 aromatic carbocycles. The van der Waals surface area contributed by atoms with Crippen LogP contribution in [0.3, 0.4) is 0 Å². The number of aromatic carboxylic acids is 1. The summed E-state index contributed by atoms with van der Waals surface area (Å²) in [5, 5.41) is 8.94. The van der Waals surface area contributed by atoms with Gasteiger partial charge in [0, 0.05) is 18.1 Å². The molecule has 0 spiro atoms. The molecule has 0 bridgehead atoms. The molecule has 0 radical (unpaired) electrons. The summed E-state index contributed by atoms with van der Waals surface area (Å²) >= 11 is 3.01. The molecule has 0 heterocycles. The van der Waals surface area contributed by atoms with Crippen LogP contribution in [0.5, 0.6) is 0 Å². The van der Waals surface area contributed by atoms with Crippen LogP contribution in [0.1, 0.15) is 31.1 Å². The molecular weight excluding hydrogens is 365 g/mol. The number of rotatable bonds is 4. The van der Waals surface area contributed by atoms with Gasteiger partial charge in [0.25, 0.3) is 0 Å². The summed E-state index contributed by atoms with van der Waals surface area (Å²) in [7, 11) is -2.78. The molecule has 0 saturated heterocycles. The first-order valence-corrected chi connectivity index (χ1v) is 8.28. The number of benzene rings is 1. The summed E-state index contributed by atoms with van der Waals surface area (Å²) in [6.07, 6.45) is 0. The Hall–Kier alpha value is -0.990. The molecule has 118 valence electrons. The maximum Gasteiger partial charge on any atom is 0.338 e. The summed E-state index contributed by atoms with van der Waals surface area (Å²) in [4.78, 5) is 10.3. The number of carbonyl (C=O) groups is 1. The molecule has 5 nitrogen and oxygen atoms in total. The van der Waals surface area contributed by atoms with E-state index in [1.165, 1.54) is 7.05 Å². The van der Waals surface area contributed by atoms with Crippen LogP contribution in [0.4, 0.5) is 4.39 Å². The molecule has 0 amide bonds. The van der Waals surface area contributed by atoms with Crippen molar-refractivity contribution >= 4 is 31.9 Å². The average Bonchev–Trinajstić information content (AvgIpc) is 2.28. The van der Waals surface area contributed by atoms with Crippen LogP contribution < -0.4 is 0 Å². The Morgan fingerprint density at radius 2 is 1.90 bits per heavy atom. The van der Waals surface area contributed by atoms with Crippen molar-refractivity contribution in [3.8, 4) is 0 Å². The number of hydrogen-bond acceptors (Lipinski definition) is 3. The van der Waals surface area contributed by atoms with Gasteiger partial charge < -0.3 is 5.11 Å². The molecule has 21 heavy (non-hydrogen) atoms. The van der Waals surface area contributed by atoms with E-state index < -0.39 is 32.3 Å². The van der Waals surface area contributed by atoms with Gasteiger partial charge in [-0.3, -0.25) is 0 Å². The fraction of sp³-hybridized carbons (Fsp3) is 0.462. The minimum absolute atomic E-state index is 0.170. The van der Waals surface area contributed by atoms with Crippen LogP contribution in [-0.4, -0.2) is 37.4 Å². The monoisotopic (exact) mass is 381 g/mol. The van der Waals surface area contributed by atoms with Crippen LogP contribution in [0.15, 0.2) is 21.5 Å². The van der Waals surface area contributed by atoms with Gasteiger partial charge >= 0.3 is 5.97 Å². The number of nitrogens with zero attached hydrogens (tertiary/aromatic N) is 1. The highest BCUT2D eigenvalue weighted by Crippen LogP contribution is 2.27. The van der Waals surface area contributed by atoms with E-state index in [1.807, 2.05) is 20.8 Å². The van der Waals surface area contributed by atoms with Gasteiger partial charge in [-0.25, -0.2) is 21.9 Å². The number of carboxylic acid groups (broad SMARTS) is 1. The number of sulfonamides is 1. The zero-order valence-electron chi connectivity index (χ0n) is 12.1. The van der Waals surface area contributed by atoms with Crippen LogP contribution in [0, 0.1) is 11.2 Å². The molecule has 1 N–H and O–H groups in total. The molecular formula is C13H17BrFNO4S. The fourth-order valence-corrected chi connectivity index (χ4v) is 3.94. The Bertz CT molecular complexity index is 667. The SMILES string of the molecule is CN(CC(C)(C)C)S(=O)(=O)c1cc(Br)cc(C(=O)O)c1F. The standard InChI is InChI=1S/C13H17BrFNO4S/c1-13(2,3)7-16(4)21(19,20)10-6-8(14)5-9(11(10)15)12(17)18/h5-6H,7H2,1-4H3,(H,17,18). The van der Waals surface area contributed by atoms with E-state index in [0.717, 1.165) is 16.4 Å². The van der Waals surface area contributed by atoms with Crippen LogP contribution in [-0.2, 0) is 10.0 Å². The van der Waals surface area contributed by atoms with Crippen LogP contribution in [0.2, 0.25) is 0 Å². The second-order valence-electron chi connectivity index (χ2n) is 5.89. The Morgan fingerprint density at radius 3 is 2.33 bits per heavy atom. The van der Waals surface area contributed by atoms with Gasteiger partial charge in [0.1, 0.15) is 4.90 Å². The third-order valence-corrected chi connectivity index (χ3v) is 4.88. The predicted octanol–water partition coefficient (Wildman–Crippen LogP) is 2.95. The highest BCUT2D eigenvalue weighted by atomic mass is 79.9. The second-order valence-corrected chi connectivity index (χ2v) is 8.82. The molecule has 0 aliphatic heterocycles. The van der Waals surface area contributed by atoms with E-state index in [4.69, 9.17) is 5.11 Å². The van der Waals surface area contributed by atoms with Crippen molar-refractivity contribution in [3.05, 3.63) is 28.0 Å². The highest BCUT2D eigenvalue weighted by Gasteiger charge is 2.30.